The van der Waals surface area contributed by atoms with E-state index in [1.165, 1.54) is 23.2 Å². The number of benzene rings is 1. The predicted molar refractivity (Wildman–Crippen MR) is 58.1 cm³/mol. The molecule has 0 spiro atoms. The first-order valence-corrected chi connectivity index (χ1v) is 5.30. The van der Waals surface area contributed by atoms with Gasteiger partial charge < -0.3 is 4.57 Å². The number of imidazole rings is 1. The maximum atomic E-state index is 12.8. The van der Waals surface area contributed by atoms with E-state index >= 15 is 0 Å². The van der Waals surface area contributed by atoms with Gasteiger partial charge in [0.25, 0.3) is 0 Å². The highest BCUT2D eigenvalue weighted by Crippen LogP contribution is 2.34. The van der Waals surface area contributed by atoms with E-state index in [9.17, 15) is 13.2 Å². The van der Waals surface area contributed by atoms with Crippen molar-refractivity contribution in [1.82, 2.24) is 9.55 Å². The predicted octanol–water partition coefficient (Wildman–Crippen LogP) is 3.63. The number of nitrogens with zero attached hydrogens (tertiary/aromatic N) is 2. The summed E-state index contributed by atoms with van der Waals surface area (Å²) < 4.78 is 39.8. The molecule has 2 nitrogen and oxygen atoms in total. The molecule has 0 amide bonds. The van der Waals surface area contributed by atoms with E-state index < -0.39 is 11.7 Å². The number of rotatable bonds is 2. The highest BCUT2D eigenvalue weighted by Gasteiger charge is 2.33. The van der Waals surface area contributed by atoms with Gasteiger partial charge in [0.1, 0.15) is 0 Å². The van der Waals surface area contributed by atoms with Gasteiger partial charge in [-0.25, -0.2) is 4.98 Å². The summed E-state index contributed by atoms with van der Waals surface area (Å²) in [4.78, 5) is 3.79. The quantitative estimate of drug-likeness (QED) is 0.754. The fraction of sp³-hybridized carbons (Fsp3) is 0.182. The lowest BCUT2D eigenvalue weighted by molar-refractivity contribution is -0.138. The summed E-state index contributed by atoms with van der Waals surface area (Å²) in [5.41, 5.74) is -0.231. The Morgan fingerprint density at radius 3 is 2.59 bits per heavy atom. The lowest BCUT2D eigenvalue weighted by Crippen LogP contribution is -2.09. The van der Waals surface area contributed by atoms with Crippen molar-refractivity contribution >= 4 is 11.6 Å². The van der Waals surface area contributed by atoms with E-state index in [1.807, 2.05) is 0 Å². The largest absolute Gasteiger partial charge is 0.416 e. The monoisotopic (exact) mass is 260 g/mol. The van der Waals surface area contributed by atoms with E-state index in [0.717, 1.165) is 6.07 Å². The molecule has 0 radical (unpaired) electrons. The summed E-state index contributed by atoms with van der Waals surface area (Å²) in [6.07, 6.45) is 0.120. The van der Waals surface area contributed by atoms with Gasteiger partial charge in [0.15, 0.2) is 0 Å². The van der Waals surface area contributed by atoms with Gasteiger partial charge in [-0.05, 0) is 17.7 Å². The minimum Gasteiger partial charge on any atom is -0.306 e. The summed E-state index contributed by atoms with van der Waals surface area (Å²) in [6.45, 7) is 0. The molecule has 0 fully saturated rings. The topological polar surface area (TPSA) is 17.8 Å². The van der Waals surface area contributed by atoms with E-state index in [2.05, 4.69) is 4.98 Å². The molecule has 0 aliphatic carbocycles. The third kappa shape index (κ3) is 2.44. The number of hydrogen-bond donors (Lipinski definition) is 0. The molecule has 6 heteroatoms. The molecule has 17 heavy (non-hydrogen) atoms. The van der Waals surface area contributed by atoms with Crippen molar-refractivity contribution in [1.29, 1.82) is 0 Å². The molecule has 0 saturated carbocycles. The molecule has 0 unspecified atom stereocenters. The summed E-state index contributed by atoms with van der Waals surface area (Å²) >= 11 is 5.50. The maximum absolute atomic E-state index is 12.8. The lowest BCUT2D eigenvalue weighted by Gasteiger charge is -2.13. The minimum absolute atomic E-state index is 0.0723. The van der Waals surface area contributed by atoms with E-state index in [-0.39, 0.29) is 11.4 Å². The van der Waals surface area contributed by atoms with Crippen LogP contribution in [0.5, 0.6) is 0 Å². The van der Waals surface area contributed by atoms with Crippen LogP contribution in [0.25, 0.3) is 5.69 Å². The van der Waals surface area contributed by atoms with Crippen LogP contribution in [0, 0.1) is 0 Å². The van der Waals surface area contributed by atoms with Gasteiger partial charge in [-0.15, -0.1) is 11.6 Å². The van der Waals surface area contributed by atoms with Gasteiger partial charge >= 0.3 is 6.18 Å². The molecule has 1 aromatic carbocycles. The molecule has 0 aliphatic heterocycles. The third-order valence-electron chi connectivity index (χ3n) is 2.35. The highest BCUT2D eigenvalue weighted by atomic mass is 35.5. The fourth-order valence-corrected chi connectivity index (χ4v) is 1.75. The molecule has 1 aromatic heterocycles. The second-order valence-corrected chi connectivity index (χ2v) is 3.71. The Bertz CT molecular complexity index is 506. The van der Waals surface area contributed by atoms with Crippen LogP contribution in [0.15, 0.2) is 36.9 Å². The zero-order valence-corrected chi connectivity index (χ0v) is 9.33. The van der Waals surface area contributed by atoms with Gasteiger partial charge in [-0.2, -0.15) is 13.2 Å². The Hall–Kier alpha value is -1.49. The number of alkyl halides is 4. The molecule has 1 heterocycles. The Morgan fingerprint density at radius 2 is 2.06 bits per heavy atom. The van der Waals surface area contributed by atoms with Crippen molar-refractivity contribution in [3.63, 3.8) is 0 Å². The van der Waals surface area contributed by atoms with Gasteiger partial charge in [-0.1, -0.05) is 6.07 Å². The van der Waals surface area contributed by atoms with Crippen molar-refractivity contribution in [3.05, 3.63) is 48.0 Å². The van der Waals surface area contributed by atoms with Gasteiger partial charge in [0.2, 0.25) is 0 Å². The fourth-order valence-electron chi connectivity index (χ4n) is 1.52. The maximum Gasteiger partial charge on any atom is 0.416 e. The van der Waals surface area contributed by atoms with Crippen LogP contribution in [0.3, 0.4) is 0 Å². The van der Waals surface area contributed by atoms with Crippen molar-refractivity contribution in [2.24, 2.45) is 0 Å². The second-order valence-electron chi connectivity index (χ2n) is 3.44. The van der Waals surface area contributed by atoms with Crippen LogP contribution in [-0.2, 0) is 12.1 Å². The van der Waals surface area contributed by atoms with Crippen LogP contribution in [0.2, 0.25) is 0 Å². The van der Waals surface area contributed by atoms with Gasteiger partial charge in [0.05, 0.1) is 11.9 Å². The minimum atomic E-state index is -4.40. The summed E-state index contributed by atoms with van der Waals surface area (Å²) in [5.74, 6) is -0.168. The number of halogens is 4. The number of hydrogen-bond acceptors (Lipinski definition) is 1. The SMILES string of the molecule is FC(F)(F)c1cc(-n2ccnc2)ccc1CCl. The molecular weight excluding hydrogens is 253 g/mol. The van der Waals surface area contributed by atoms with Crippen molar-refractivity contribution in [3.8, 4) is 5.69 Å². The molecule has 0 atom stereocenters. The van der Waals surface area contributed by atoms with E-state index in [4.69, 9.17) is 11.6 Å². The average molecular weight is 261 g/mol. The zero-order valence-electron chi connectivity index (χ0n) is 8.58. The average Bonchev–Trinajstić information content (AvgIpc) is 2.80. The van der Waals surface area contributed by atoms with Crippen molar-refractivity contribution in [2.45, 2.75) is 12.1 Å². The molecular formula is C11H8ClF3N2. The van der Waals surface area contributed by atoms with Crippen LogP contribution in [0.4, 0.5) is 13.2 Å². The van der Waals surface area contributed by atoms with Gasteiger partial charge in [-0.3, -0.25) is 0 Å². The normalized spacial score (nSPS) is 11.8. The molecule has 0 bridgehead atoms. The third-order valence-corrected chi connectivity index (χ3v) is 2.63. The summed E-state index contributed by atoms with van der Waals surface area (Å²) in [5, 5.41) is 0. The molecule has 0 saturated heterocycles. The van der Waals surface area contributed by atoms with Crippen LogP contribution in [0.1, 0.15) is 11.1 Å². The first-order valence-electron chi connectivity index (χ1n) is 4.77. The first kappa shape index (κ1) is 12.0. The standard InChI is InChI=1S/C11H8ClF3N2/c12-6-8-1-2-9(17-4-3-16-7-17)5-10(8)11(13,14)15/h1-5,7H,6H2. The molecule has 0 N–H and O–H groups in total. The van der Waals surface area contributed by atoms with Crippen LogP contribution < -0.4 is 0 Å². The van der Waals surface area contributed by atoms with E-state index in [1.54, 1.807) is 12.3 Å². The highest BCUT2D eigenvalue weighted by molar-refractivity contribution is 6.17. The molecule has 2 rings (SSSR count). The number of aromatic nitrogens is 2. The van der Waals surface area contributed by atoms with Crippen LogP contribution in [-0.4, -0.2) is 9.55 Å². The molecule has 2 aromatic rings. The summed E-state index contributed by atoms with van der Waals surface area (Å²) in [7, 11) is 0. The molecule has 0 aliphatic rings. The van der Waals surface area contributed by atoms with Crippen molar-refractivity contribution < 1.29 is 13.2 Å². The first-order chi connectivity index (χ1) is 8.02. The van der Waals surface area contributed by atoms with Crippen LogP contribution >= 0.6 is 11.6 Å². The van der Waals surface area contributed by atoms with Crippen molar-refractivity contribution in [2.75, 3.05) is 0 Å². The molecule has 90 valence electrons. The Morgan fingerprint density at radius 1 is 1.29 bits per heavy atom. The second kappa shape index (κ2) is 4.41. The van der Waals surface area contributed by atoms with Gasteiger partial charge in [0, 0.05) is 24.0 Å². The Labute approximate surface area is 101 Å². The summed E-state index contributed by atoms with van der Waals surface area (Å²) in [6, 6.07) is 4.03. The van der Waals surface area contributed by atoms with E-state index in [0.29, 0.717) is 5.69 Å². The zero-order chi connectivity index (χ0) is 12.5. The Balaban J connectivity index is 2.53. The lowest BCUT2D eigenvalue weighted by atomic mass is 10.1. The Kier molecular flexibility index (Phi) is 3.11. The smallest absolute Gasteiger partial charge is 0.306 e.